The van der Waals surface area contributed by atoms with E-state index in [4.69, 9.17) is 4.74 Å². The summed E-state index contributed by atoms with van der Waals surface area (Å²) in [4.78, 5) is 27.5. The highest BCUT2D eigenvalue weighted by atomic mass is 16.5. The van der Waals surface area contributed by atoms with Crippen LogP contribution in [0, 0.1) is 0 Å². The van der Waals surface area contributed by atoms with Gasteiger partial charge in [0.1, 0.15) is 11.2 Å². The first-order valence-corrected chi connectivity index (χ1v) is 9.12. The van der Waals surface area contributed by atoms with Crippen molar-refractivity contribution in [3.63, 3.8) is 0 Å². The highest BCUT2D eigenvalue weighted by Crippen LogP contribution is 2.14. The van der Waals surface area contributed by atoms with Gasteiger partial charge in [0, 0.05) is 13.2 Å². The second kappa shape index (κ2) is 8.06. The minimum atomic E-state index is -0.274. The summed E-state index contributed by atoms with van der Waals surface area (Å²) in [7, 11) is 0. The van der Waals surface area contributed by atoms with E-state index in [2.05, 4.69) is 15.4 Å². The third-order valence-electron chi connectivity index (χ3n) is 4.49. The third kappa shape index (κ3) is 3.65. The molecule has 2 aromatic carbocycles. The van der Waals surface area contributed by atoms with Crippen molar-refractivity contribution in [2.24, 2.45) is 0 Å². The number of nitrogens with zero attached hydrogens (tertiary/aromatic N) is 2. The highest BCUT2D eigenvalue weighted by molar-refractivity contribution is 6.00. The topological polar surface area (TPSA) is 88.5 Å². The maximum Gasteiger partial charge on any atom is 0.259 e. The molecule has 0 radical (unpaired) electrons. The number of H-pyrrole nitrogens is 1. The van der Waals surface area contributed by atoms with Crippen LogP contribution in [0.1, 0.15) is 22.3 Å². The Bertz CT molecular complexity index is 1160. The van der Waals surface area contributed by atoms with Gasteiger partial charge in [-0.2, -0.15) is 5.10 Å². The van der Waals surface area contributed by atoms with E-state index in [1.165, 1.54) is 6.20 Å². The first kappa shape index (κ1) is 17.9. The second-order valence-electron chi connectivity index (χ2n) is 6.44. The predicted molar refractivity (Wildman–Crippen MR) is 106 cm³/mol. The molecule has 2 N–H and O–H groups in total. The van der Waals surface area contributed by atoms with E-state index in [9.17, 15) is 9.59 Å². The summed E-state index contributed by atoms with van der Waals surface area (Å²) in [5.41, 5.74) is 2.27. The molecule has 0 aliphatic rings. The summed E-state index contributed by atoms with van der Waals surface area (Å²) in [6.07, 6.45) is 2.16. The summed E-state index contributed by atoms with van der Waals surface area (Å²) in [6.45, 7) is 1.57. The first-order valence-electron chi connectivity index (χ1n) is 9.12. The lowest BCUT2D eigenvalue weighted by Gasteiger charge is -2.06. The van der Waals surface area contributed by atoms with Crippen LogP contribution in [0.3, 0.4) is 0 Å². The van der Waals surface area contributed by atoms with Gasteiger partial charge in [-0.15, -0.1) is 0 Å². The SMILES string of the molecule is O=C(NCCCOCc1ccccc1)c1cnn2c1[nH]c(=O)c1ccccc12. The Hall–Kier alpha value is -3.45. The quantitative estimate of drug-likeness (QED) is 0.485. The number of aromatic amines is 1. The molecule has 0 bridgehead atoms. The van der Waals surface area contributed by atoms with Gasteiger partial charge in [0.15, 0.2) is 0 Å². The lowest BCUT2D eigenvalue weighted by molar-refractivity contribution is 0.0936. The average Bonchev–Trinajstić information content (AvgIpc) is 3.15. The summed E-state index contributed by atoms with van der Waals surface area (Å²) in [6, 6.07) is 17.1. The number of hydrogen-bond donors (Lipinski definition) is 2. The van der Waals surface area contributed by atoms with E-state index >= 15 is 0 Å². The number of aromatic nitrogens is 3. The normalized spacial score (nSPS) is 11.1. The van der Waals surface area contributed by atoms with Gasteiger partial charge in [-0.25, -0.2) is 4.52 Å². The van der Waals surface area contributed by atoms with Crippen molar-refractivity contribution in [3.8, 4) is 0 Å². The van der Waals surface area contributed by atoms with Crippen LogP contribution in [-0.4, -0.2) is 33.7 Å². The van der Waals surface area contributed by atoms with E-state index in [1.807, 2.05) is 36.4 Å². The van der Waals surface area contributed by atoms with E-state index in [1.54, 1.807) is 22.7 Å². The molecule has 4 rings (SSSR count). The molecule has 28 heavy (non-hydrogen) atoms. The van der Waals surface area contributed by atoms with Crippen LogP contribution >= 0.6 is 0 Å². The van der Waals surface area contributed by atoms with Crippen LogP contribution in [0.4, 0.5) is 0 Å². The van der Waals surface area contributed by atoms with Crippen LogP contribution in [-0.2, 0) is 11.3 Å². The fourth-order valence-corrected chi connectivity index (χ4v) is 3.08. The fourth-order valence-electron chi connectivity index (χ4n) is 3.08. The maximum atomic E-state index is 12.5. The molecule has 0 atom stereocenters. The van der Waals surface area contributed by atoms with Crippen molar-refractivity contribution < 1.29 is 9.53 Å². The van der Waals surface area contributed by atoms with Crippen LogP contribution < -0.4 is 10.9 Å². The minimum absolute atomic E-state index is 0.244. The Morgan fingerprint density at radius 1 is 1.11 bits per heavy atom. The average molecular weight is 376 g/mol. The Kier molecular flexibility index (Phi) is 5.16. The monoisotopic (exact) mass is 376 g/mol. The smallest absolute Gasteiger partial charge is 0.259 e. The number of rotatable bonds is 7. The van der Waals surface area contributed by atoms with Crippen LogP contribution in [0.25, 0.3) is 16.6 Å². The van der Waals surface area contributed by atoms with Crippen molar-refractivity contribution in [3.05, 3.63) is 82.3 Å². The number of carbonyl (C=O) groups is 1. The van der Waals surface area contributed by atoms with Gasteiger partial charge in [-0.05, 0) is 24.1 Å². The Balaban J connectivity index is 1.36. The number of ether oxygens (including phenoxy) is 1. The number of para-hydroxylation sites is 1. The molecule has 0 unspecified atom stereocenters. The standard InChI is InChI=1S/C21H20N4O3/c26-20(22-11-6-12-28-14-15-7-2-1-3-8-15)17-13-23-25-18-10-5-4-9-16(18)21(27)24-19(17)25/h1-5,7-10,13H,6,11-12,14H2,(H,22,26)(H,24,27). The molecule has 0 saturated heterocycles. The van der Waals surface area contributed by atoms with Gasteiger partial charge >= 0.3 is 0 Å². The zero-order valence-electron chi connectivity index (χ0n) is 15.2. The van der Waals surface area contributed by atoms with Gasteiger partial charge in [0.25, 0.3) is 11.5 Å². The zero-order chi connectivity index (χ0) is 19.3. The Labute approximate surface area is 161 Å². The zero-order valence-corrected chi connectivity index (χ0v) is 15.2. The van der Waals surface area contributed by atoms with Crippen molar-refractivity contribution >= 4 is 22.5 Å². The lowest BCUT2D eigenvalue weighted by atomic mass is 10.2. The number of carbonyl (C=O) groups excluding carboxylic acids is 1. The number of amides is 1. The van der Waals surface area contributed by atoms with Gasteiger partial charge in [0.2, 0.25) is 0 Å². The summed E-state index contributed by atoms with van der Waals surface area (Å²) < 4.78 is 7.19. The molecular formula is C21H20N4O3. The highest BCUT2D eigenvalue weighted by Gasteiger charge is 2.15. The molecule has 2 aromatic heterocycles. The van der Waals surface area contributed by atoms with Gasteiger partial charge in [0.05, 0.1) is 23.7 Å². The molecule has 0 spiro atoms. The summed E-state index contributed by atoms with van der Waals surface area (Å²) in [5, 5.41) is 7.64. The van der Waals surface area contributed by atoms with E-state index in [-0.39, 0.29) is 11.5 Å². The molecule has 1 amide bonds. The van der Waals surface area contributed by atoms with Gasteiger partial charge in [-0.3, -0.25) is 9.59 Å². The van der Waals surface area contributed by atoms with Crippen LogP contribution in [0.5, 0.6) is 0 Å². The minimum Gasteiger partial charge on any atom is -0.377 e. The third-order valence-corrected chi connectivity index (χ3v) is 4.49. The molecular weight excluding hydrogens is 356 g/mol. The molecule has 7 heteroatoms. The number of nitrogens with one attached hydrogen (secondary N) is 2. The van der Waals surface area contributed by atoms with Crippen molar-refractivity contribution in [2.75, 3.05) is 13.2 Å². The van der Waals surface area contributed by atoms with Gasteiger partial charge < -0.3 is 15.0 Å². The van der Waals surface area contributed by atoms with Gasteiger partial charge in [-0.1, -0.05) is 42.5 Å². The van der Waals surface area contributed by atoms with Crippen molar-refractivity contribution in [1.82, 2.24) is 19.9 Å². The lowest BCUT2D eigenvalue weighted by Crippen LogP contribution is -2.25. The van der Waals surface area contributed by atoms with E-state index in [0.29, 0.717) is 48.3 Å². The molecule has 142 valence electrons. The Morgan fingerprint density at radius 2 is 1.89 bits per heavy atom. The van der Waals surface area contributed by atoms with Crippen LogP contribution in [0.15, 0.2) is 65.6 Å². The van der Waals surface area contributed by atoms with Crippen molar-refractivity contribution in [1.29, 1.82) is 0 Å². The van der Waals surface area contributed by atoms with E-state index in [0.717, 1.165) is 5.56 Å². The molecule has 0 aliphatic carbocycles. The number of hydrogen-bond acceptors (Lipinski definition) is 4. The second-order valence-corrected chi connectivity index (χ2v) is 6.44. The summed E-state index contributed by atoms with van der Waals surface area (Å²) >= 11 is 0. The largest absolute Gasteiger partial charge is 0.377 e. The predicted octanol–water partition coefficient (Wildman–Crippen LogP) is 2.51. The molecule has 2 heterocycles. The summed E-state index contributed by atoms with van der Waals surface area (Å²) in [5.74, 6) is -0.274. The molecule has 4 aromatic rings. The molecule has 0 aliphatic heterocycles. The van der Waals surface area contributed by atoms with Crippen molar-refractivity contribution in [2.45, 2.75) is 13.0 Å². The Morgan fingerprint density at radius 3 is 2.75 bits per heavy atom. The van der Waals surface area contributed by atoms with Crippen LogP contribution in [0.2, 0.25) is 0 Å². The van der Waals surface area contributed by atoms with E-state index < -0.39 is 0 Å². The molecule has 7 nitrogen and oxygen atoms in total. The number of fused-ring (bicyclic) bond motifs is 3. The fraction of sp³-hybridized carbons (Fsp3) is 0.190. The molecule has 0 fully saturated rings. The first-order chi connectivity index (χ1) is 13.7. The maximum absolute atomic E-state index is 12.5. The molecule has 0 saturated carbocycles. The number of benzene rings is 2.